The van der Waals surface area contributed by atoms with E-state index in [0.29, 0.717) is 5.56 Å². The Labute approximate surface area is 110 Å². The second-order valence-electron chi connectivity index (χ2n) is 4.91. The molecule has 3 nitrogen and oxygen atoms in total. The van der Waals surface area contributed by atoms with Crippen LogP contribution in [0.25, 0.3) is 0 Å². The van der Waals surface area contributed by atoms with Crippen molar-refractivity contribution in [1.82, 2.24) is 10.6 Å². The Kier molecular flexibility index (Phi) is 3.54. The van der Waals surface area contributed by atoms with Crippen LogP contribution in [-0.2, 0) is 0 Å². The zero-order valence-electron chi connectivity index (χ0n) is 10.1. The Hall–Kier alpha value is -0.870. The number of aryl methyl sites for hydroxylation is 1. The molecule has 0 saturated carbocycles. The summed E-state index contributed by atoms with van der Waals surface area (Å²) in [5.74, 6) is -0.00287. The van der Waals surface area contributed by atoms with Gasteiger partial charge >= 0.3 is 0 Å². The first-order valence-electron chi connectivity index (χ1n) is 5.80. The Morgan fingerprint density at radius 2 is 2.29 bits per heavy atom. The van der Waals surface area contributed by atoms with Crippen LogP contribution in [0, 0.1) is 6.92 Å². The van der Waals surface area contributed by atoms with Crippen molar-refractivity contribution in [3.63, 3.8) is 0 Å². The molecule has 1 aliphatic heterocycles. The average Bonchev–Trinajstić information content (AvgIpc) is 2.69. The summed E-state index contributed by atoms with van der Waals surface area (Å²) in [6.07, 6.45) is 0.978. The Morgan fingerprint density at radius 1 is 1.53 bits per heavy atom. The van der Waals surface area contributed by atoms with Crippen molar-refractivity contribution >= 4 is 21.8 Å². The minimum atomic E-state index is -0.117. The molecule has 1 unspecified atom stereocenters. The predicted molar refractivity (Wildman–Crippen MR) is 72.2 cm³/mol. The molecule has 2 N–H and O–H groups in total. The maximum Gasteiger partial charge on any atom is 0.251 e. The van der Waals surface area contributed by atoms with Gasteiger partial charge < -0.3 is 10.6 Å². The van der Waals surface area contributed by atoms with Crippen molar-refractivity contribution in [1.29, 1.82) is 0 Å². The molecule has 0 bridgehead atoms. The van der Waals surface area contributed by atoms with Gasteiger partial charge in [0, 0.05) is 16.6 Å². The third-order valence-electron chi connectivity index (χ3n) is 3.22. The quantitative estimate of drug-likeness (QED) is 0.879. The summed E-state index contributed by atoms with van der Waals surface area (Å²) in [7, 11) is 0. The molecule has 0 radical (unpaired) electrons. The number of carbonyl (C=O) groups is 1. The van der Waals surface area contributed by atoms with E-state index in [0.717, 1.165) is 29.5 Å². The first-order valence-corrected chi connectivity index (χ1v) is 6.59. The van der Waals surface area contributed by atoms with Crippen LogP contribution < -0.4 is 10.6 Å². The van der Waals surface area contributed by atoms with Gasteiger partial charge in [0.2, 0.25) is 0 Å². The molecule has 1 aliphatic rings. The van der Waals surface area contributed by atoms with Gasteiger partial charge in [-0.1, -0.05) is 22.0 Å². The molecule has 0 aliphatic carbocycles. The van der Waals surface area contributed by atoms with Crippen molar-refractivity contribution < 1.29 is 4.79 Å². The van der Waals surface area contributed by atoms with Gasteiger partial charge in [0.05, 0.1) is 5.54 Å². The Balaban J connectivity index is 2.11. The monoisotopic (exact) mass is 296 g/mol. The maximum absolute atomic E-state index is 12.1. The molecule has 0 spiro atoms. The molecule has 1 fully saturated rings. The van der Waals surface area contributed by atoms with Crippen molar-refractivity contribution in [3.8, 4) is 0 Å². The van der Waals surface area contributed by atoms with Crippen molar-refractivity contribution in [2.45, 2.75) is 25.8 Å². The molecular weight excluding hydrogens is 280 g/mol. The fourth-order valence-electron chi connectivity index (χ4n) is 2.00. The third kappa shape index (κ3) is 2.87. The standard InChI is InChI=1S/C13H17BrN2O/c1-9-3-4-10(7-11(9)14)12(17)16-13(2)5-6-15-8-13/h3-4,7,15H,5-6,8H2,1-2H3,(H,16,17). The molecule has 17 heavy (non-hydrogen) atoms. The molecule has 92 valence electrons. The number of benzene rings is 1. The number of halogens is 1. The van der Waals surface area contributed by atoms with E-state index in [4.69, 9.17) is 0 Å². The molecule has 1 aromatic rings. The lowest BCUT2D eigenvalue weighted by Crippen LogP contribution is -2.47. The first-order chi connectivity index (χ1) is 8.00. The third-order valence-corrected chi connectivity index (χ3v) is 4.07. The van der Waals surface area contributed by atoms with Crippen molar-refractivity contribution in [3.05, 3.63) is 33.8 Å². The Bertz CT molecular complexity index is 439. The fraction of sp³-hybridized carbons (Fsp3) is 0.462. The zero-order valence-corrected chi connectivity index (χ0v) is 11.7. The van der Waals surface area contributed by atoms with E-state index in [1.807, 2.05) is 25.1 Å². The number of hydrogen-bond donors (Lipinski definition) is 2. The summed E-state index contributed by atoms with van der Waals surface area (Å²) < 4.78 is 0.972. The summed E-state index contributed by atoms with van der Waals surface area (Å²) in [6.45, 7) is 5.89. The maximum atomic E-state index is 12.1. The lowest BCUT2D eigenvalue weighted by molar-refractivity contribution is 0.0913. The number of carbonyl (C=O) groups excluding carboxylic acids is 1. The van der Waals surface area contributed by atoms with E-state index < -0.39 is 0 Å². The van der Waals surface area contributed by atoms with Gasteiger partial charge in [0.25, 0.3) is 5.91 Å². The normalized spacial score (nSPS) is 23.7. The molecule has 1 amide bonds. The second kappa shape index (κ2) is 4.78. The zero-order chi connectivity index (χ0) is 12.5. The molecule has 2 rings (SSSR count). The van der Waals surface area contributed by atoms with Crippen LogP contribution in [0.3, 0.4) is 0 Å². The van der Waals surface area contributed by atoms with Crippen LogP contribution >= 0.6 is 15.9 Å². The predicted octanol–water partition coefficient (Wildman–Crippen LogP) is 2.24. The van der Waals surface area contributed by atoms with Gasteiger partial charge in [-0.15, -0.1) is 0 Å². The smallest absolute Gasteiger partial charge is 0.251 e. The molecule has 1 atom stereocenters. The van der Waals surface area contributed by atoms with Crippen molar-refractivity contribution in [2.75, 3.05) is 13.1 Å². The van der Waals surface area contributed by atoms with Gasteiger partial charge in [-0.3, -0.25) is 4.79 Å². The second-order valence-corrected chi connectivity index (χ2v) is 5.76. The van der Waals surface area contributed by atoms with Gasteiger partial charge in [0.1, 0.15) is 0 Å². The lowest BCUT2D eigenvalue weighted by atomic mass is 10.0. The number of nitrogens with one attached hydrogen (secondary N) is 2. The summed E-state index contributed by atoms with van der Waals surface area (Å²) in [5, 5.41) is 6.36. The number of hydrogen-bond acceptors (Lipinski definition) is 2. The van der Waals surface area contributed by atoms with Crippen LogP contribution in [0.4, 0.5) is 0 Å². The summed E-state index contributed by atoms with van der Waals surface area (Å²) >= 11 is 3.45. The van der Waals surface area contributed by atoms with E-state index in [9.17, 15) is 4.79 Å². The molecular formula is C13H17BrN2O. The highest BCUT2D eigenvalue weighted by Crippen LogP contribution is 2.19. The minimum absolute atomic E-state index is 0.00287. The van der Waals surface area contributed by atoms with E-state index in [1.54, 1.807) is 0 Å². The van der Waals surface area contributed by atoms with Crippen molar-refractivity contribution in [2.24, 2.45) is 0 Å². The minimum Gasteiger partial charge on any atom is -0.346 e. The molecule has 1 heterocycles. The number of amides is 1. The molecule has 1 aromatic carbocycles. The van der Waals surface area contributed by atoms with E-state index in [2.05, 4.69) is 33.5 Å². The van der Waals surface area contributed by atoms with Gasteiger partial charge in [0.15, 0.2) is 0 Å². The van der Waals surface area contributed by atoms with Crippen LogP contribution in [0.2, 0.25) is 0 Å². The lowest BCUT2D eigenvalue weighted by Gasteiger charge is -2.24. The van der Waals surface area contributed by atoms with E-state index in [-0.39, 0.29) is 11.4 Å². The van der Waals surface area contributed by atoms with Gasteiger partial charge in [-0.2, -0.15) is 0 Å². The van der Waals surface area contributed by atoms with Gasteiger partial charge in [-0.25, -0.2) is 0 Å². The molecule has 4 heteroatoms. The van der Waals surface area contributed by atoms with Crippen LogP contribution in [-0.4, -0.2) is 24.5 Å². The Morgan fingerprint density at radius 3 is 2.88 bits per heavy atom. The fourth-order valence-corrected chi connectivity index (χ4v) is 2.38. The van der Waals surface area contributed by atoms with Gasteiger partial charge in [-0.05, 0) is 44.5 Å². The first kappa shape index (κ1) is 12.6. The highest BCUT2D eigenvalue weighted by atomic mass is 79.9. The van der Waals surface area contributed by atoms with Crippen LogP contribution in [0.5, 0.6) is 0 Å². The summed E-state index contributed by atoms with van der Waals surface area (Å²) in [6, 6.07) is 5.69. The topological polar surface area (TPSA) is 41.1 Å². The van der Waals surface area contributed by atoms with Crippen LogP contribution in [0.15, 0.2) is 22.7 Å². The highest BCUT2D eigenvalue weighted by Gasteiger charge is 2.30. The van der Waals surface area contributed by atoms with E-state index >= 15 is 0 Å². The summed E-state index contributed by atoms with van der Waals surface area (Å²) in [4.78, 5) is 12.1. The molecule has 1 saturated heterocycles. The largest absolute Gasteiger partial charge is 0.346 e. The van der Waals surface area contributed by atoms with Crippen LogP contribution in [0.1, 0.15) is 29.3 Å². The number of rotatable bonds is 2. The van der Waals surface area contributed by atoms with E-state index in [1.165, 1.54) is 0 Å². The molecule has 0 aromatic heterocycles. The summed E-state index contributed by atoms with van der Waals surface area (Å²) in [5.41, 5.74) is 1.72. The SMILES string of the molecule is Cc1ccc(C(=O)NC2(C)CCNC2)cc1Br. The average molecular weight is 297 g/mol. The highest BCUT2D eigenvalue weighted by molar-refractivity contribution is 9.10.